The number of esters is 1. The Hall–Kier alpha value is -3.95. The van der Waals surface area contributed by atoms with E-state index < -0.39 is 35.9 Å². The topological polar surface area (TPSA) is 137 Å². The summed E-state index contributed by atoms with van der Waals surface area (Å²) in [5.74, 6) is -1.49. The van der Waals surface area contributed by atoms with E-state index >= 15 is 0 Å². The van der Waals surface area contributed by atoms with Crippen LogP contribution in [0, 0.1) is 10.1 Å². The van der Waals surface area contributed by atoms with Crippen LogP contribution in [0.1, 0.15) is 10.4 Å². The summed E-state index contributed by atoms with van der Waals surface area (Å²) in [5, 5.41) is 15.5. The molecule has 10 heteroatoms. The van der Waals surface area contributed by atoms with Crippen LogP contribution in [-0.2, 0) is 14.3 Å². The summed E-state index contributed by atoms with van der Waals surface area (Å²) in [7, 11) is 1.50. The third-order valence-electron chi connectivity index (χ3n) is 3.48. The maximum atomic E-state index is 11.9. The monoisotopic (exact) mass is 387 g/mol. The highest BCUT2D eigenvalue weighted by molar-refractivity contribution is 5.97. The van der Waals surface area contributed by atoms with Crippen LogP contribution in [0.5, 0.6) is 5.75 Å². The smallest absolute Gasteiger partial charge is 0.325 e. The molecule has 2 aromatic rings. The third-order valence-corrected chi connectivity index (χ3v) is 3.48. The molecular weight excluding hydrogens is 370 g/mol. The fourth-order valence-corrected chi connectivity index (χ4v) is 2.12. The molecule has 0 radical (unpaired) electrons. The third kappa shape index (κ3) is 5.80. The van der Waals surface area contributed by atoms with Crippen molar-refractivity contribution in [3.63, 3.8) is 0 Å². The number of anilines is 1. The van der Waals surface area contributed by atoms with Crippen LogP contribution < -0.4 is 15.4 Å². The Labute approximate surface area is 159 Å². The van der Waals surface area contributed by atoms with E-state index in [1.807, 2.05) is 0 Å². The number of rotatable bonds is 8. The van der Waals surface area contributed by atoms with Crippen LogP contribution in [0.2, 0.25) is 0 Å². The summed E-state index contributed by atoms with van der Waals surface area (Å²) in [4.78, 5) is 45.6. The molecule has 2 rings (SSSR count). The van der Waals surface area contributed by atoms with E-state index in [9.17, 15) is 24.5 Å². The Morgan fingerprint density at radius 2 is 1.75 bits per heavy atom. The van der Waals surface area contributed by atoms with Crippen molar-refractivity contribution in [2.75, 3.05) is 25.6 Å². The maximum Gasteiger partial charge on any atom is 0.325 e. The van der Waals surface area contributed by atoms with Gasteiger partial charge in [0.2, 0.25) is 0 Å². The van der Waals surface area contributed by atoms with Gasteiger partial charge in [0.1, 0.15) is 18.0 Å². The van der Waals surface area contributed by atoms with E-state index in [-0.39, 0.29) is 11.4 Å². The summed E-state index contributed by atoms with van der Waals surface area (Å²) >= 11 is 0. The molecule has 2 aromatic carbocycles. The van der Waals surface area contributed by atoms with Crippen molar-refractivity contribution in [3.8, 4) is 5.75 Å². The molecule has 0 aliphatic carbocycles. The molecule has 0 unspecified atom stereocenters. The molecule has 0 aliphatic rings. The van der Waals surface area contributed by atoms with E-state index in [0.717, 1.165) is 0 Å². The number of nitro groups is 1. The first kappa shape index (κ1) is 20.4. The summed E-state index contributed by atoms with van der Waals surface area (Å²) in [6.45, 7) is -1.09. The molecular formula is C18H17N3O7. The Bertz CT molecular complexity index is 881. The first-order valence-electron chi connectivity index (χ1n) is 8.02. The van der Waals surface area contributed by atoms with Crippen molar-refractivity contribution in [2.24, 2.45) is 0 Å². The summed E-state index contributed by atoms with van der Waals surface area (Å²) in [6, 6.07) is 11.8. The SMILES string of the molecule is COc1ccc(C(=O)NCC(=O)OCC(=O)Nc2ccccc2[N+](=O)[O-])cc1. The molecule has 0 aliphatic heterocycles. The van der Waals surface area contributed by atoms with Gasteiger partial charge in [0.15, 0.2) is 6.61 Å². The number of hydrogen-bond acceptors (Lipinski definition) is 7. The zero-order chi connectivity index (χ0) is 20.5. The number of benzene rings is 2. The van der Waals surface area contributed by atoms with Crippen molar-refractivity contribution in [2.45, 2.75) is 0 Å². The quantitative estimate of drug-likeness (QED) is 0.398. The van der Waals surface area contributed by atoms with Gasteiger partial charge in [0.05, 0.1) is 12.0 Å². The highest BCUT2D eigenvalue weighted by Gasteiger charge is 2.16. The number of nitrogens with one attached hydrogen (secondary N) is 2. The number of para-hydroxylation sites is 2. The Kier molecular flexibility index (Phi) is 7.03. The fourth-order valence-electron chi connectivity index (χ4n) is 2.12. The predicted molar refractivity (Wildman–Crippen MR) is 98.0 cm³/mol. The van der Waals surface area contributed by atoms with Gasteiger partial charge in [-0.2, -0.15) is 0 Å². The number of nitrogens with zero attached hydrogens (tertiary/aromatic N) is 1. The Balaban J connectivity index is 1.78. The molecule has 0 spiro atoms. The van der Waals surface area contributed by atoms with Crippen LogP contribution in [0.25, 0.3) is 0 Å². The molecule has 2 amide bonds. The largest absolute Gasteiger partial charge is 0.497 e. The van der Waals surface area contributed by atoms with Gasteiger partial charge >= 0.3 is 5.97 Å². The van der Waals surface area contributed by atoms with E-state index in [0.29, 0.717) is 11.3 Å². The van der Waals surface area contributed by atoms with E-state index in [1.165, 1.54) is 43.5 Å². The second-order valence-electron chi connectivity index (χ2n) is 5.39. The molecule has 146 valence electrons. The van der Waals surface area contributed by atoms with Crippen molar-refractivity contribution in [1.29, 1.82) is 0 Å². The van der Waals surface area contributed by atoms with Gasteiger partial charge in [0.25, 0.3) is 17.5 Å². The minimum Gasteiger partial charge on any atom is -0.497 e. The van der Waals surface area contributed by atoms with Gasteiger partial charge in [-0.1, -0.05) is 12.1 Å². The Morgan fingerprint density at radius 3 is 2.39 bits per heavy atom. The molecule has 0 atom stereocenters. The van der Waals surface area contributed by atoms with E-state index in [2.05, 4.69) is 10.6 Å². The number of carbonyl (C=O) groups excluding carboxylic acids is 3. The number of ether oxygens (including phenoxy) is 2. The lowest BCUT2D eigenvalue weighted by Crippen LogP contribution is -2.32. The van der Waals surface area contributed by atoms with Crippen LogP contribution in [0.15, 0.2) is 48.5 Å². The second kappa shape index (κ2) is 9.67. The second-order valence-corrected chi connectivity index (χ2v) is 5.39. The van der Waals surface area contributed by atoms with Gasteiger partial charge in [-0.05, 0) is 30.3 Å². The minimum atomic E-state index is -0.834. The molecule has 2 N–H and O–H groups in total. The van der Waals surface area contributed by atoms with Gasteiger partial charge in [-0.25, -0.2) is 0 Å². The molecule has 0 aromatic heterocycles. The van der Waals surface area contributed by atoms with Crippen LogP contribution in [-0.4, -0.2) is 43.0 Å². The Morgan fingerprint density at radius 1 is 1.07 bits per heavy atom. The highest BCUT2D eigenvalue weighted by atomic mass is 16.6. The van der Waals surface area contributed by atoms with Crippen LogP contribution in [0.4, 0.5) is 11.4 Å². The molecule has 28 heavy (non-hydrogen) atoms. The zero-order valence-corrected chi connectivity index (χ0v) is 14.8. The summed E-state index contributed by atoms with van der Waals surface area (Å²) in [6.07, 6.45) is 0. The van der Waals surface area contributed by atoms with Crippen molar-refractivity contribution in [1.82, 2.24) is 5.32 Å². The van der Waals surface area contributed by atoms with Crippen molar-refractivity contribution >= 4 is 29.2 Å². The molecule has 10 nitrogen and oxygen atoms in total. The number of amides is 2. The van der Waals surface area contributed by atoms with Crippen LogP contribution >= 0.6 is 0 Å². The first-order valence-corrected chi connectivity index (χ1v) is 8.02. The van der Waals surface area contributed by atoms with E-state index in [1.54, 1.807) is 12.1 Å². The molecule has 0 heterocycles. The predicted octanol–water partition coefficient (Wildman–Crippen LogP) is 1.52. The molecule has 0 saturated carbocycles. The fraction of sp³-hybridized carbons (Fsp3) is 0.167. The summed E-state index contributed by atoms with van der Waals surface area (Å²) in [5.41, 5.74) is 0.0259. The van der Waals surface area contributed by atoms with E-state index in [4.69, 9.17) is 9.47 Å². The van der Waals surface area contributed by atoms with Crippen molar-refractivity contribution < 1.29 is 28.8 Å². The molecule has 0 saturated heterocycles. The standard InChI is InChI=1S/C18H17N3O7/c1-27-13-8-6-12(7-9-13)18(24)19-10-17(23)28-11-16(22)20-14-4-2-3-5-15(14)21(25)26/h2-9H,10-11H2,1H3,(H,19,24)(H,20,22). The lowest BCUT2D eigenvalue weighted by Gasteiger charge is -2.08. The van der Waals surface area contributed by atoms with Gasteiger partial charge < -0.3 is 20.1 Å². The highest BCUT2D eigenvalue weighted by Crippen LogP contribution is 2.22. The summed E-state index contributed by atoms with van der Waals surface area (Å²) < 4.78 is 9.73. The lowest BCUT2D eigenvalue weighted by atomic mass is 10.2. The zero-order valence-electron chi connectivity index (χ0n) is 14.8. The van der Waals surface area contributed by atoms with Crippen molar-refractivity contribution in [3.05, 3.63) is 64.2 Å². The normalized spacial score (nSPS) is 9.89. The average Bonchev–Trinajstić information content (AvgIpc) is 2.70. The number of methoxy groups -OCH3 is 1. The molecule has 0 bridgehead atoms. The van der Waals surface area contributed by atoms with Gasteiger partial charge in [-0.3, -0.25) is 24.5 Å². The number of carbonyl (C=O) groups is 3. The van der Waals surface area contributed by atoms with Gasteiger partial charge in [0, 0.05) is 11.6 Å². The molecule has 0 fully saturated rings. The number of nitro benzene ring substituents is 1. The van der Waals surface area contributed by atoms with Gasteiger partial charge in [-0.15, -0.1) is 0 Å². The first-order chi connectivity index (χ1) is 13.4. The average molecular weight is 387 g/mol. The van der Waals surface area contributed by atoms with Crippen LogP contribution in [0.3, 0.4) is 0 Å². The number of hydrogen-bond donors (Lipinski definition) is 2. The lowest BCUT2D eigenvalue weighted by molar-refractivity contribution is -0.383. The maximum absolute atomic E-state index is 11.9. The minimum absolute atomic E-state index is 0.0126.